The lowest BCUT2D eigenvalue weighted by Gasteiger charge is -1.97. The van der Waals surface area contributed by atoms with Crippen LogP contribution in [-0.4, -0.2) is 16.1 Å². The minimum atomic E-state index is -0.446. The average Bonchev–Trinajstić information content (AvgIpc) is 3.09. The predicted molar refractivity (Wildman–Crippen MR) is 79.9 cm³/mol. The first-order valence-electron chi connectivity index (χ1n) is 5.26. The Bertz CT molecular complexity index is 752. The lowest BCUT2D eigenvalue weighted by atomic mass is 10.3. The standard InChI is InChI=1S/C11H5Cl2N3O2S2/c12-7-3-6(8(13)20-7)9(17)14-11-16-15-10(18-11)5-1-2-19-4-5/h1-4H,(H,14,16,17). The molecular weight excluding hydrogens is 341 g/mol. The smallest absolute Gasteiger partial charge is 0.322 e. The number of nitrogens with one attached hydrogen (secondary N) is 1. The Morgan fingerprint density at radius 3 is 2.85 bits per heavy atom. The van der Waals surface area contributed by atoms with Crippen LogP contribution in [0.5, 0.6) is 0 Å². The van der Waals surface area contributed by atoms with Crippen LogP contribution in [0.3, 0.4) is 0 Å². The molecule has 0 saturated heterocycles. The maximum absolute atomic E-state index is 12.0. The predicted octanol–water partition coefficient (Wildman–Crippen LogP) is 4.42. The van der Waals surface area contributed by atoms with Gasteiger partial charge >= 0.3 is 6.01 Å². The highest BCUT2D eigenvalue weighted by Gasteiger charge is 2.17. The second-order valence-corrected chi connectivity index (χ2v) is 6.68. The summed E-state index contributed by atoms with van der Waals surface area (Å²) < 4.78 is 6.09. The summed E-state index contributed by atoms with van der Waals surface area (Å²) in [7, 11) is 0. The number of amides is 1. The van der Waals surface area contributed by atoms with E-state index in [4.69, 9.17) is 27.6 Å². The fourth-order valence-electron chi connectivity index (χ4n) is 1.44. The van der Waals surface area contributed by atoms with Gasteiger partial charge in [0.05, 0.1) is 9.90 Å². The summed E-state index contributed by atoms with van der Waals surface area (Å²) >= 11 is 14.3. The zero-order valence-corrected chi connectivity index (χ0v) is 12.7. The van der Waals surface area contributed by atoms with Gasteiger partial charge in [-0.25, -0.2) is 0 Å². The van der Waals surface area contributed by atoms with E-state index in [1.54, 1.807) is 0 Å². The molecular formula is C11H5Cl2N3O2S2. The number of thiophene rings is 2. The van der Waals surface area contributed by atoms with E-state index in [1.807, 2.05) is 16.8 Å². The molecule has 102 valence electrons. The summed E-state index contributed by atoms with van der Waals surface area (Å²) in [5.41, 5.74) is 1.08. The number of rotatable bonds is 3. The molecule has 0 aliphatic heterocycles. The van der Waals surface area contributed by atoms with Crippen molar-refractivity contribution in [2.24, 2.45) is 0 Å². The van der Waals surface area contributed by atoms with Crippen LogP contribution in [0.4, 0.5) is 6.01 Å². The fraction of sp³-hybridized carbons (Fsp3) is 0. The van der Waals surface area contributed by atoms with E-state index in [0.717, 1.165) is 16.9 Å². The van der Waals surface area contributed by atoms with Gasteiger partial charge in [0.2, 0.25) is 0 Å². The van der Waals surface area contributed by atoms with Crippen molar-refractivity contribution < 1.29 is 9.21 Å². The highest BCUT2D eigenvalue weighted by Crippen LogP contribution is 2.31. The molecule has 3 rings (SSSR count). The maximum atomic E-state index is 12.0. The third-order valence-corrected chi connectivity index (χ3v) is 4.49. The molecule has 0 spiro atoms. The molecule has 0 unspecified atom stereocenters. The molecule has 0 aliphatic rings. The number of carbonyl (C=O) groups excluding carboxylic acids is 1. The van der Waals surface area contributed by atoms with E-state index in [2.05, 4.69) is 15.5 Å². The van der Waals surface area contributed by atoms with Crippen molar-refractivity contribution in [3.63, 3.8) is 0 Å². The van der Waals surface area contributed by atoms with Gasteiger partial charge in [0.25, 0.3) is 11.8 Å². The lowest BCUT2D eigenvalue weighted by Crippen LogP contribution is -2.11. The molecule has 3 heterocycles. The third kappa shape index (κ3) is 2.71. The number of hydrogen-bond acceptors (Lipinski definition) is 6. The van der Waals surface area contributed by atoms with Crippen molar-refractivity contribution in [3.05, 3.63) is 37.1 Å². The number of anilines is 1. The van der Waals surface area contributed by atoms with Crippen LogP contribution in [0.1, 0.15) is 10.4 Å². The van der Waals surface area contributed by atoms with Crippen molar-refractivity contribution in [1.29, 1.82) is 0 Å². The Labute approximate surface area is 131 Å². The topological polar surface area (TPSA) is 68.0 Å². The number of carbonyl (C=O) groups is 1. The minimum Gasteiger partial charge on any atom is -0.403 e. The van der Waals surface area contributed by atoms with Crippen LogP contribution >= 0.6 is 45.9 Å². The summed E-state index contributed by atoms with van der Waals surface area (Å²) in [4.78, 5) is 12.0. The molecule has 0 aromatic carbocycles. The molecule has 0 atom stereocenters. The fourth-order valence-corrected chi connectivity index (χ4v) is 3.52. The molecule has 1 N–H and O–H groups in total. The van der Waals surface area contributed by atoms with Gasteiger partial charge in [-0.3, -0.25) is 10.1 Å². The van der Waals surface area contributed by atoms with Crippen LogP contribution in [0.25, 0.3) is 11.5 Å². The highest BCUT2D eigenvalue weighted by molar-refractivity contribution is 7.20. The molecule has 0 aliphatic carbocycles. The Hall–Kier alpha value is -1.41. The van der Waals surface area contributed by atoms with Gasteiger partial charge < -0.3 is 4.42 Å². The summed E-state index contributed by atoms with van der Waals surface area (Å²) in [5, 5.41) is 13.9. The van der Waals surface area contributed by atoms with Crippen molar-refractivity contribution in [2.75, 3.05) is 5.32 Å². The van der Waals surface area contributed by atoms with Crippen molar-refractivity contribution in [3.8, 4) is 11.5 Å². The van der Waals surface area contributed by atoms with Gasteiger partial charge in [0.15, 0.2) is 0 Å². The Kier molecular flexibility index (Phi) is 3.75. The zero-order chi connectivity index (χ0) is 14.1. The zero-order valence-electron chi connectivity index (χ0n) is 9.59. The van der Waals surface area contributed by atoms with E-state index >= 15 is 0 Å². The quantitative estimate of drug-likeness (QED) is 0.762. The number of halogens is 2. The Morgan fingerprint density at radius 1 is 1.35 bits per heavy atom. The van der Waals surface area contributed by atoms with Crippen LogP contribution in [0.15, 0.2) is 27.3 Å². The van der Waals surface area contributed by atoms with E-state index in [1.165, 1.54) is 17.4 Å². The first kappa shape index (κ1) is 13.6. The molecule has 0 radical (unpaired) electrons. The summed E-state index contributed by atoms with van der Waals surface area (Å²) in [6, 6.07) is 3.34. The third-order valence-electron chi connectivity index (χ3n) is 2.31. The summed E-state index contributed by atoms with van der Waals surface area (Å²) in [6.07, 6.45) is 0. The molecule has 5 nitrogen and oxygen atoms in total. The van der Waals surface area contributed by atoms with Crippen LogP contribution < -0.4 is 5.32 Å². The molecule has 1 amide bonds. The minimum absolute atomic E-state index is 0.00888. The van der Waals surface area contributed by atoms with Crippen LogP contribution in [0, 0.1) is 0 Å². The van der Waals surface area contributed by atoms with Gasteiger partial charge in [-0.2, -0.15) is 11.3 Å². The highest BCUT2D eigenvalue weighted by atomic mass is 35.5. The van der Waals surface area contributed by atoms with E-state index in [-0.39, 0.29) is 11.6 Å². The number of hydrogen-bond donors (Lipinski definition) is 1. The Morgan fingerprint density at radius 2 is 2.20 bits per heavy atom. The SMILES string of the molecule is O=C(Nc1nnc(-c2ccsc2)o1)c1cc(Cl)sc1Cl. The van der Waals surface area contributed by atoms with Crippen molar-refractivity contribution in [1.82, 2.24) is 10.2 Å². The first-order valence-corrected chi connectivity index (χ1v) is 7.77. The molecule has 20 heavy (non-hydrogen) atoms. The normalized spacial score (nSPS) is 10.7. The average molecular weight is 346 g/mol. The molecule has 9 heteroatoms. The van der Waals surface area contributed by atoms with Crippen molar-refractivity contribution in [2.45, 2.75) is 0 Å². The molecule has 0 saturated carbocycles. The van der Waals surface area contributed by atoms with Crippen LogP contribution in [-0.2, 0) is 0 Å². The molecule has 0 bridgehead atoms. The summed E-state index contributed by atoms with van der Waals surface area (Å²) in [6.45, 7) is 0. The maximum Gasteiger partial charge on any atom is 0.322 e. The molecule has 0 fully saturated rings. The first-order chi connectivity index (χ1) is 9.63. The second kappa shape index (κ2) is 5.53. The van der Waals surface area contributed by atoms with Gasteiger partial charge in [-0.1, -0.05) is 28.3 Å². The van der Waals surface area contributed by atoms with E-state index in [9.17, 15) is 4.79 Å². The van der Waals surface area contributed by atoms with Gasteiger partial charge in [0, 0.05) is 10.9 Å². The molecule has 3 aromatic heterocycles. The number of aromatic nitrogens is 2. The van der Waals surface area contributed by atoms with Gasteiger partial charge in [-0.15, -0.1) is 16.4 Å². The van der Waals surface area contributed by atoms with E-state index in [0.29, 0.717) is 14.6 Å². The monoisotopic (exact) mass is 345 g/mol. The van der Waals surface area contributed by atoms with Crippen molar-refractivity contribution >= 4 is 57.8 Å². The van der Waals surface area contributed by atoms with Crippen LogP contribution in [0.2, 0.25) is 8.67 Å². The second-order valence-electron chi connectivity index (χ2n) is 3.62. The largest absolute Gasteiger partial charge is 0.403 e. The number of nitrogens with zero attached hydrogens (tertiary/aromatic N) is 2. The molecule has 3 aromatic rings. The lowest BCUT2D eigenvalue weighted by molar-refractivity contribution is 0.102. The van der Waals surface area contributed by atoms with Gasteiger partial charge in [-0.05, 0) is 17.5 Å². The van der Waals surface area contributed by atoms with E-state index < -0.39 is 5.91 Å². The van der Waals surface area contributed by atoms with Gasteiger partial charge in [0.1, 0.15) is 4.34 Å². The Balaban J connectivity index is 1.78. The summed E-state index contributed by atoms with van der Waals surface area (Å²) in [5.74, 6) is -0.102.